The fourth-order valence-corrected chi connectivity index (χ4v) is 6.87. The first-order valence-corrected chi connectivity index (χ1v) is 15.2. The zero-order valence-electron chi connectivity index (χ0n) is 23.0. The third-order valence-electron chi connectivity index (χ3n) is 7.00. The molecule has 2 amide bonds. The largest absolute Gasteiger partial charge is 0.408 e. The van der Waals surface area contributed by atoms with Crippen molar-refractivity contribution in [3.8, 4) is 0 Å². The van der Waals surface area contributed by atoms with Gasteiger partial charge in [0.2, 0.25) is 12.2 Å². The van der Waals surface area contributed by atoms with E-state index in [4.69, 9.17) is 4.42 Å². The van der Waals surface area contributed by atoms with Gasteiger partial charge in [0.25, 0.3) is 17.0 Å². The molecule has 1 N–H and O–H groups in total. The maximum atomic E-state index is 13.8. The number of benzene rings is 1. The Balaban J connectivity index is 1.61. The van der Waals surface area contributed by atoms with E-state index in [-0.39, 0.29) is 17.7 Å². The van der Waals surface area contributed by atoms with Gasteiger partial charge in [0.05, 0.1) is 4.88 Å². The van der Waals surface area contributed by atoms with Gasteiger partial charge in [0.15, 0.2) is 0 Å². The zero-order valence-corrected chi connectivity index (χ0v) is 24.6. The summed E-state index contributed by atoms with van der Waals surface area (Å²) >= 11 is 2.81. The summed E-state index contributed by atoms with van der Waals surface area (Å²) in [6.45, 7) is 4.83. The first-order chi connectivity index (χ1) is 18.7. The molecule has 0 bridgehead atoms. The summed E-state index contributed by atoms with van der Waals surface area (Å²) in [7, 11) is 3.96. The van der Waals surface area contributed by atoms with E-state index in [1.807, 2.05) is 63.2 Å². The van der Waals surface area contributed by atoms with Gasteiger partial charge in [-0.15, -0.1) is 21.5 Å². The van der Waals surface area contributed by atoms with E-state index in [0.717, 1.165) is 41.6 Å². The second kappa shape index (κ2) is 13.1. The Morgan fingerprint density at radius 3 is 2.59 bits per heavy atom. The number of fused-ring (bicyclic) bond motifs is 1. The third-order valence-corrected chi connectivity index (χ3v) is 8.91. The third kappa shape index (κ3) is 7.06. The minimum Gasteiger partial charge on any atom is -0.408 e. The number of rotatable bonds is 13. The molecule has 0 spiro atoms. The number of hydrogen-bond acceptors (Lipinski definition) is 9. The van der Waals surface area contributed by atoms with Crippen molar-refractivity contribution in [2.75, 3.05) is 26.4 Å². The highest BCUT2D eigenvalue weighted by atomic mass is 32.2. The molecule has 4 rings (SSSR count). The van der Waals surface area contributed by atoms with Crippen LogP contribution in [0.3, 0.4) is 0 Å². The van der Waals surface area contributed by atoms with Gasteiger partial charge in [-0.05, 0) is 69.6 Å². The highest BCUT2D eigenvalue weighted by molar-refractivity contribution is 7.99. The smallest absolute Gasteiger partial charge is 0.286 e. The lowest BCUT2D eigenvalue weighted by molar-refractivity contribution is -0.129. The molecule has 1 aromatic carbocycles. The average Bonchev–Trinajstić information content (AvgIpc) is 3.56. The van der Waals surface area contributed by atoms with Crippen LogP contribution in [0.15, 0.2) is 40.0 Å². The maximum absolute atomic E-state index is 13.8. The molecule has 0 aliphatic heterocycles. The molecule has 1 aliphatic rings. The van der Waals surface area contributed by atoms with Crippen molar-refractivity contribution >= 4 is 51.3 Å². The topological polar surface area (TPSA) is 109 Å². The van der Waals surface area contributed by atoms with Gasteiger partial charge in [-0.25, -0.2) is 0 Å². The van der Waals surface area contributed by atoms with Crippen LogP contribution in [-0.2, 0) is 4.79 Å². The lowest BCUT2D eigenvalue weighted by Crippen LogP contribution is -2.65. The number of amides is 2. The molecule has 2 heterocycles. The number of carbonyl (C=O) groups is 3. The second-order valence-electron chi connectivity index (χ2n) is 10.7. The summed E-state index contributed by atoms with van der Waals surface area (Å²) in [4.78, 5) is 44.3. The Morgan fingerprint density at radius 2 is 1.92 bits per heavy atom. The normalized spacial score (nSPS) is 15.9. The first kappa shape index (κ1) is 29.2. The van der Waals surface area contributed by atoms with Crippen LogP contribution >= 0.6 is 23.1 Å². The van der Waals surface area contributed by atoms with E-state index in [0.29, 0.717) is 35.8 Å². The number of Topliss-reactive ketones (excluding diaryl/α,β-unsaturated/α-hetero) is 1. The Morgan fingerprint density at radius 1 is 1.18 bits per heavy atom. The van der Waals surface area contributed by atoms with Crippen LogP contribution in [0.4, 0.5) is 0 Å². The van der Waals surface area contributed by atoms with Crippen molar-refractivity contribution in [1.82, 2.24) is 25.3 Å². The van der Waals surface area contributed by atoms with E-state index in [2.05, 4.69) is 15.5 Å². The van der Waals surface area contributed by atoms with Gasteiger partial charge in [0, 0.05) is 17.0 Å². The van der Waals surface area contributed by atoms with E-state index in [1.54, 1.807) is 0 Å². The highest BCUT2D eigenvalue weighted by Gasteiger charge is 2.45. The molecule has 3 aromatic rings. The minimum absolute atomic E-state index is 0.109. The number of thioether (sulfide) groups is 1. The maximum Gasteiger partial charge on any atom is 0.286 e. The predicted octanol–water partition coefficient (Wildman–Crippen LogP) is 5.08. The number of aromatic nitrogens is 2. The fourth-order valence-electron chi connectivity index (χ4n) is 5.04. The molecule has 1 aliphatic carbocycles. The molecule has 1 saturated carbocycles. The lowest BCUT2D eigenvalue weighted by atomic mass is 9.85. The van der Waals surface area contributed by atoms with Crippen molar-refractivity contribution in [3.63, 3.8) is 0 Å². The molecule has 11 heteroatoms. The van der Waals surface area contributed by atoms with Crippen molar-refractivity contribution in [1.29, 1.82) is 0 Å². The second-order valence-corrected chi connectivity index (χ2v) is 12.9. The number of ketones is 1. The molecule has 1 atom stereocenters. The number of thiophene rings is 1. The number of carbonyl (C=O) groups excluding carboxylic acids is 3. The minimum atomic E-state index is -0.980. The van der Waals surface area contributed by atoms with E-state index >= 15 is 0 Å². The van der Waals surface area contributed by atoms with Gasteiger partial charge in [-0.1, -0.05) is 50.2 Å². The van der Waals surface area contributed by atoms with Crippen molar-refractivity contribution in [2.45, 2.75) is 69.3 Å². The summed E-state index contributed by atoms with van der Waals surface area (Å²) in [5.41, 5.74) is -0.980. The lowest BCUT2D eigenvalue weighted by Gasteiger charge is -2.48. The average molecular weight is 572 g/mol. The molecule has 39 heavy (non-hydrogen) atoms. The van der Waals surface area contributed by atoms with Gasteiger partial charge < -0.3 is 19.5 Å². The summed E-state index contributed by atoms with van der Waals surface area (Å²) in [6.07, 6.45) is 4.94. The van der Waals surface area contributed by atoms with Gasteiger partial charge in [0.1, 0.15) is 11.7 Å². The van der Waals surface area contributed by atoms with E-state index in [9.17, 15) is 14.4 Å². The standard InChI is InChI=1S/C28H37N5O4S2/c1-19(2)16-21(24(35)26-30-31-27(37-26)38-15-14-32(3)4)33(18-34)28(12-8-5-9-13-28)29-25(36)23-17-20-10-6-7-11-22(20)39-23/h6-7,10-11,17-19,21H,5,8-9,12-16H2,1-4H3,(H,29,36). The summed E-state index contributed by atoms with van der Waals surface area (Å²) in [5.74, 6) is 0.103. The molecule has 210 valence electrons. The van der Waals surface area contributed by atoms with Crippen molar-refractivity contribution in [2.24, 2.45) is 5.92 Å². The Kier molecular flexibility index (Phi) is 9.79. The molecular formula is C28H37N5O4S2. The molecule has 9 nitrogen and oxygen atoms in total. The van der Waals surface area contributed by atoms with E-state index < -0.39 is 17.5 Å². The molecule has 0 saturated heterocycles. The number of nitrogens with one attached hydrogen (secondary N) is 1. The van der Waals surface area contributed by atoms with Gasteiger partial charge in [-0.3, -0.25) is 14.4 Å². The number of hydrogen-bond donors (Lipinski definition) is 1. The zero-order chi connectivity index (χ0) is 28.0. The van der Waals surface area contributed by atoms with Gasteiger partial charge in [-0.2, -0.15) is 0 Å². The highest BCUT2D eigenvalue weighted by Crippen LogP contribution is 2.35. The Labute approximate surface area is 237 Å². The molecule has 0 radical (unpaired) electrons. The molecule has 1 fully saturated rings. The molecular weight excluding hydrogens is 534 g/mol. The Hall–Kier alpha value is -2.76. The predicted molar refractivity (Wildman–Crippen MR) is 154 cm³/mol. The monoisotopic (exact) mass is 571 g/mol. The van der Waals surface area contributed by atoms with Crippen LogP contribution in [0.5, 0.6) is 0 Å². The summed E-state index contributed by atoms with van der Waals surface area (Å²) in [6, 6.07) is 8.89. The van der Waals surface area contributed by atoms with Crippen LogP contribution in [0.25, 0.3) is 10.1 Å². The van der Waals surface area contributed by atoms with E-state index in [1.165, 1.54) is 28.0 Å². The van der Waals surface area contributed by atoms with Crippen molar-refractivity contribution in [3.05, 3.63) is 41.1 Å². The summed E-state index contributed by atoms with van der Waals surface area (Å²) in [5, 5.41) is 12.6. The summed E-state index contributed by atoms with van der Waals surface area (Å²) < 4.78 is 6.76. The van der Waals surface area contributed by atoms with Crippen LogP contribution < -0.4 is 5.32 Å². The molecule has 1 unspecified atom stereocenters. The van der Waals surface area contributed by atoms with Crippen molar-refractivity contribution < 1.29 is 18.8 Å². The fraction of sp³-hybridized carbons (Fsp3) is 0.536. The van der Waals surface area contributed by atoms with Crippen LogP contribution in [0, 0.1) is 5.92 Å². The van der Waals surface area contributed by atoms with Crippen LogP contribution in [-0.4, -0.2) is 76.2 Å². The number of nitrogens with zero attached hydrogens (tertiary/aromatic N) is 4. The Bertz CT molecular complexity index is 1250. The molecule has 2 aromatic heterocycles. The van der Waals surface area contributed by atoms with Crippen LogP contribution in [0.2, 0.25) is 0 Å². The SMILES string of the molecule is CC(C)CC(C(=O)c1nnc(SCCN(C)C)o1)N(C=O)C1(NC(=O)c2cc3ccccc3s2)CCCCC1. The van der Waals surface area contributed by atoms with Crippen LogP contribution in [0.1, 0.15) is 72.7 Å². The van der Waals surface area contributed by atoms with Gasteiger partial charge >= 0.3 is 0 Å². The first-order valence-electron chi connectivity index (χ1n) is 13.4. The quantitative estimate of drug-likeness (QED) is 0.131.